The van der Waals surface area contributed by atoms with Crippen LogP contribution in [-0.4, -0.2) is 16.1 Å². The minimum absolute atomic E-state index is 0.0615. The van der Waals surface area contributed by atoms with Crippen LogP contribution >= 0.6 is 11.8 Å². The summed E-state index contributed by atoms with van der Waals surface area (Å²) in [4.78, 5) is 6.65. The molecule has 0 saturated carbocycles. The first-order chi connectivity index (χ1) is 8.90. The fourth-order valence-corrected chi connectivity index (χ4v) is 2.72. The van der Waals surface area contributed by atoms with Crippen molar-refractivity contribution in [1.82, 2.24) is 4.90 Å². The van der Waals surface area contributed by atoms with Crippen LogP contribution in [0, 0.1) is 16.7 Å². The van der Waals surface area contributed by atoms with Crippen molar-refractivity contribution < 1.29 is 0 Å². The zero-order valence-electron chi connectivity index (χ0n) is 9.52. The van der Waals surface area contributed by atoms with Gasteiger partial charge in [-0.05, 0) is 29.5 Å². The number of rotatable bonds is 2. The Morgan fingerprint density at radius 1 is 1.22 bits per heavy atom. The summed E-state index contributed by atoms with van der Waals surface area (Å²) >= 11 is 1.22. The maximum absolute atomic E-state index is 8.96. The van der Waals surface area contributed by atoms with Crippen LogP contribution in [-0.2, 0) is 0 Å². The van der Waals surface area contributed by atoms with Gasteiger partial charge in [0, 0.05) is 6.20 Å². The molecule has 0 saturated heterocycles. The second-order valence-corrected chi connectivity index (χ2v) is 4.76. The number of thioether (sulfide) groups is 1. The molecule has 4 heteroatoms. The Balaban J connectivity index is 1.98. The second-order valence-electron chi connectivity index (χ2n) is 3.89. The van der Waals surface area contributed by atoms with Gasteiger partial charge in [0.25, 0.3) is 0 Å². The average molecular weight is 252 g/mol. The summed E-state index contributed by atoms with van der Waals surface area (Å²) in [6.07, 6.45) is 7.83. The van der Waals surface area contributed by atoms with Gasteiger partial charge < -0.3 is 4.90 Å². The Morgan fingerprint density at radius 3 is 2.83 bits per heavy atom. The smallest absolute Gasteiger partial charge is 0.151 e. The van der Waals surface area contributed by atoms with E-state index in [4.69, 9.17) is 5.26 Å². The standard InChI is InChI=1S/C14H10N3S/c15-10-18-14-13(11-6-2-1-3-7-11)16-12-8-4-5-9-17(12)14/h1-9,14H. The minimum atomic E-state index is -0.0615. The summed E-state index contributed by atoms with van der Waals surface area (Å²) < 4.78 is 0. The van der Waals surface area contributed by atoms with Gasteiger partial charge in [0.1, 0.15) is 16.6 Å². The maximum atomic E-state index is 8.96. The highest BCUT2D eigenvalue weighted by molar-refractivity contribution is 8.04. The third kappa shape index (κ3) is 1.83. The van der Waals surface area contributed by atoms with E-state index in [9.17, 15) is 0 Å². The summed E-state index contributed by atoms with van der Waals surface area (Å²) in [6.45, 7) is 0. The van der Waals surface area contributed by atoms with E-state index in [2.05, 4.69) is 10.4 Å². The second kappa shape index (κ2) is 4.71. The van der Waals surface area contributed by atoms with Crippen LogP contribution in [0.5, 0.6) is 0 Å². The molecule has 2 aliphatic rings. The number of hydrogen-bond acceptors (Lipinski definition) is 4. The van der Waals surface area contributed by atoms with Crippen molar-refractivity contribution in [3.8, 4) is 5.40 Å². The minimum Gasteiger partial charge on any atom is -0.317 e. The number of aliphatic imine (C=N–C) groups is 1. The number of hydrogen-bond donors (Lipinski definition) is 0. The van der Waals surface area contributed by atoms with Crippen molar-refractivity contribution in [3.05, 3.63) is 66.4 Å². The number of allylic oxidation sites excluding steroid dienone is 2. The molecule has 1 unspecified atom stereocenters. The summed E-state index contributed by atoms with van der Waals surface area (Å²) in [5.74, 6) is 0.893. The topological polar surface area (TPSA) is 39.4 Å². The molecule has 0 amide bonds. The van der Waals surface area contributed by atoms with E-state index in [1.54, 1.807) is 0 Å². The van der Waals surface area contributed by atoms with Crippen LogP contribution in [0.2, 0.25) is 0 Å². The zero-order chi connectivity index (χ0) is 12.4. The first-order valence-electron chi connectivity index (χ1n) is 5.59. The zero-order valence-corrected chi connectivity index (χ0v) is 10.3. The molecule has 0 aromatic heterocycles. The molecule has 3 rings (SSSR count). The monoisotopic (exact) mass is 252 g/mol. The number of benzene rings is 1. The van der Waals surface area contributed by atoms with Gasteiger partial charge >= 0.3 is 0 Å². The van der Waals surface area contributed by atoms with Gasteiger partial charge in [0.2, 0.25) is 0 Å². The highest BCUT2D eigenvalue weighted by atomic mass is 32.2. The lowest BCUT2D eigenvalue weighted by Crippen LogP contribution is -2.30. The summed E-state index contributed by atoms with van der Waals surface area (Å²) in [5, 5.41) is 11.1. The average Bonchev–Trinajstić information content (AvgIpc) is 2.80. The van der Waals surface area contributed by atoms with Gasteiger partial charge in [-0.25, -0.2) is 0 Å². The molecule has 0 fully saturated rings. The first kappa shape index (κ1) is 11.1. The Labute approximate surface area is 110 Å². The molecule has 0 aliphatic carbocycles. The van der Waals surface area contributed by atoms with Gasteiger partial charge in [-0.3, -0.25) is 4.99 Å². The van der Waals surface area contributed by atoms with Crippen LogP contribution in [0.15, 0.2) is 59.8 Å². The lowest BCUT2D eigenvalue weighted by atomic mass is 10.1. The van der Waals surface area contributed by atoms with Crippen molar-refractivity contribution in [3.63, 3.8) is 0 Å². The molecular formula is C14H10N3S. The Kier molecular flexibility index (Phi) is 2.91. The first-order valence-corrected chi connectivity index (χ1v) is 6.47. The largest absolute Gasteiger partial charge is 0.317 e. The van der Waals surface area contributed by atoms with Gasteiger partial charge in [-0.15, -0.1) is 0 Å². The van der Waals surface area contributed by atoms with Crippen LogP contribution < -0.4 is 0 Å². The predicted molar refractivity (Wildman–Crippen MR) is 73.3 cm³/mol. The number of nitrogens with zero attached hydrogens (tertiary/aromatic N) is 3. The molecule has 1 aromatic carbocycles. The Bertz CT molecular complexity index is 568. The molecule has 0 spiro atoms. The van der Waals surface area contributed by atoms with E-state index in [0.29, 0.717) is 0 Å². The van der Waals surface area contributed by atoms with Crippen molar-refractivity contribution in [1.29, 1.82) is 5.26 Å². The molecule has 18 heavy (non-hydrogen) atoms. The van der Waals surface area contributed by atoms with Crippen LogP contribution in [0.3, 0.4) is 0 Å². The Hall–Kier alpha value is -1.99. The van der Waals surface area contributed by atoms with Gasteiger partial charge in [-0.2, -0.15) is 5.26 Å². The molecule has 2 heterocycles. The summed E-state index contributed by atoms with van der Waals surface area (Å²) in [7, 11) is 0. The van der Waals surface area contributed by atoms with E-state index in [1.165, 1.54) is 11.8 Å². The maximum Gasteiger partial charge on any atom is 0.151 e. The fourth-order valence-electron chi connectivity index (χ4n) is 2.03. The van der Waals surface area contributed by atoms with Crippen molar-refractivity contribution in [2.24, 2.45) is 4.99 Å². The van der Waals surface area contributed by atoms with Gasteiger partial charge in [0.05, 0.1) is 0 Å². The van der Waals surface area contributed by atoms with Crippen molar-refractivity contribution in [2.45, 2.75) is 5.37 Å². The molecule has 1 aromatic rings. The molecule has 3 nitrogen and oxygen atoms in total. The third-order valence-corrected chi connectivity index (χ3v) is 3.60. The highest BCUT2D eigenvalue weighted by Gasteiger charge is 2.37. The van der Waals surface area contributed by atoms with E-state index >= 15 is 0 Å². The van der Waals surface area contributed by atoms with Gasteiger partial charge in [0.15, 0.2) is 6.04 Å². The normalized spacial score (nSPS) is 21.6. The molecule has 0 N–H and O–H groups in total. The van der Waals surface area contributed by atoms with Gasteiger partial charge in [-0.1, -0.05) is 36.4 Å². The quantitative estimate of drug-likeness (QED) is 0.760. The number of fused-ring (bicyclic) bond motifs is 1. The number of thiocyanates is 1. The fraction of sp³-hybridized carbons (Fsp3) is 0.0714. The van der Waals surface area contributed by atoms with E-state index in [0.717, 1.165) is 17.4 Å². The molecule has 2 aliphatic heterocycles. The molecular weight excluding hydrogens is 242 g/mol. The molecule has 0 bridgehead atoms. The van der Waals surface area contributed by atoms with Crippen LogP contribution in [0.25, 0.3) is 0 Å². The van der Waals surface area contributed by atoms with Crippen molar-refractivity contribution >= 4 is 17.6 Å². The molecule has 87 valence electrons. The van der Waals surface area contributed by atoms with E-state index in [1.807, 2.05) is 59.7 Å². The highest BCUT2D eigenvalue weighted by Crippen LogP contribution is 2.37. The summed E-state index contributed by atoms with van der Waals surface area (Å²) in [5.41, 5.74) is 1.06. The molecule has 1 atom stereocenters. The third-order valence-electron chi connectivity index (χ3n) is 2.82. The Morgan fingerprint density at radius 2 is 2.06 bits per heavy atom. The van der Waals surface area contributed by atoms with E-state index in [-0.39, 0.29) is 5.37 Å². The van der Waals surface area contributed by atoms with Crippen molar-refractivity contribution in [2.75, 3.05) is 0 Å². The van der Waals surface area contributed by atoms with Crippen LogP contribution in [0.1, 0.15) is 5.56 Å². The lowest BCUT2D eigenvalue weighted by Gasteiger charge is -2.24. The van der Waals surface area contributed by atoms with E-state index < -0.39 is 0 Å². The SMILES string of the molecule is N#CSC1[C](c2ccccc2)N=C2C=CC=CN21. The number of amidine groups is 1. The summed E-state index contributed by atoms with van der Waals surface area (Å²) in [6, 6.07) is 10.9. The lowest BCUT2D eigenvalue weighted by molar-refractivity contribution is 0.575. The molecule has 1 radical (unpaired) electrons. The van der Waals surface area contributed by atoms with Crippen LogP contribution in [0.4, 0.5) is 0 Å². The predicted octanol–water partition coefficient (Wildman–Crippen LogP) is 2.90. The number of nitriles is 1.